The zero-order chi connectivity index (χ0) is 28.9. The highest BCUT2D eigenvalue weighted by Gasteiger charge is 2.58. The Hall–Kier alpha value is -4.18. The Labute approximate surface area is 232 Å². The lowest BCUT2D eigenvalue weighted by Crippen LogP contribution is -2.49. The van der Waals surface area contributed by atoms with Gasteiger partial charge in [0.25, 0.3) is 5.91 Å². The molecule has 2 aromatic rings. The maximum absolute atomic E-state index is 13.6. The second kappa shape index (κ2) is 11.9. The van der Waals surface area contributed by atoms with Crippen LogP contribution in [0.1, 0.15) is 26.3 Å². The number of benzene rings is 2. The Morgan fingerprint density at radius 2 is 1.70 bits per heavy atom. The summed E-state index contributed by atoms with van der Waals surface area (Å²) in [7, 11) is 1.25. The number of methoxy groups -OCH3 is 1. The molecule has 3 atom stereocenters. The predicted octanol–water partition coefficient (Wildman–Crippen LogP) is 3.67. The molecule has 40 heavy (non-hydrogen) atoms. The smallest absolute Gasteiger partial charge is 0.407 e. The van der Waals surface area contributed by atoms with Crippen LogP contribution < -0.4 is 16.0 Å². The molecule has 10 heteroatoms. The molecule has 0 spiro atoms. The van der Waals surface area contributed by atoms with Gasteiger partial charge >= 0.3 is 12.1 Å². The van der Waals surface area contributed by atoms with Crippen LogP contribution in [0.2, 0.25) is 0 Å². The monoisotopic (exact) mass is 551 g/mol. The van der Waals surface area contributed by atoms with E-state index in [2.05, 4.69) is 16.0 Å². The number of carbonyl (C=O) groups excluding carboxylic acids is 3. The average molecular weight is 552 g/mol. The molecule has 2 bridgehead atoms. The summed E-state index contributed by atoms with van der Waals surface area (Å²) in [4.78, 5) is 38.5. The molecule has 3 N–H and O–H groups in total. The number of fused-ring (bicyclic) bond motifs is 2. The van der Waals surface area contributed by atoms with Gasteiger partial charge in [-0.3, -0.25) is 4.79 Å². The van der Waals surface area contributed by atoms with Crippen LogP contribution >= 0.6 is 0 Å². The van der Waals surface area contributed by atoms with Gasteiger partial charge in [-0.25, -0.2) is 14.0 Å². The van der Waals surface area contributed by atoms with Gasteiger partial charge in [0.2, 0.25) is 0 Å². The highest BCUT2D eigenvalue weighted by atomic mass is 19.1. The number of hydrogen-bond donors (Lipinski definition) is 3. The van der Waals surface area contributed by atoms with E-state index in [1.54, 1.807) is 45.1 Å². The third-order valence-electron chi connectivity index (χ3n) is 6.48. The largest absolute Gasteiger partial charge is 0.466 e. The fourth-order valence-electron chi connectivity index (χ4n) is 4.81. The number of hydrogen-bond acceptors (Lipinski definition) is 7. The summed E-state index contributed by atoms with van der Waals surface area (Å²) < 4.78 is 30.3. The SMILES string of the molecule is COC(=O)C1=C(C(=O)NCCNC(=O)OC(C)(C)C)C2C=CC1(C(Cc1ccccc1)Nc1ccc(F)cc1)O2. The summed E-state index contributed by atoms with van der Waals surface area (Å²) in [5.41, 5.74) is -0.156. The first kappa shape index (κ1) is 28.8. The summed E-state index contributed by atoms with van der Waals surface area (Å²) >= 11 is 0. The van der Waals surface area contributed by atoms with E-state index in [0.29, 0.717) is 12.1 Å². The molecular weight excluding hydrogens is 517 g/mol. The fourth-order valence-corrected chi connectivity index (χ4v) is 4.81. The van der Waals surface area contributed by atoms with Crippen LogP contribution in [-0.2, 0) is 30.2 Å². The van der Waals surface area contributed by atoms with E-state index in [1.807, 2.05) is 30.3 Å². The van der Waals surface area contributed by atoms with Gasteiger partial charge in [-0.2, -0.15) is 0 Å². The Bertz CT molecular complexity index is 1300. The number of halogens is 1. The third-order valence-corrected chi connectivity index (χ3v) is 6.48. The highest BCUT2D eigenvalue weighted by Crippen LogP contribution is 2.47. The zero-order valence-corrected chi connectivity index (χ0v) is 23.0. The van der Waals surface area contributed by atoms with Gasteiger partial charge < -0.3 is 30.2 Å². The molecule has 2 aliphatic rings. The maximum atomic E-state index is 13.6. The van der Waals surface area contributed by atoms with Crippen molar-refractivity contribution in [3.05, 3.63) is 89.3 Å². The van der Waals surface area contributed by atoms with Gasteiger partial charge in [0.15, 0.2) is 0 Å². The van der Waals surface area contributed by atoms with Gasteiger partial charge in [0.1, 0.15) is 23.1 Å². The van der Waals surface area contributed by atoms with Crippen LogP contribution in [0.3, 0.4) is 0 Å². The minimum atomic E-state index is -1.33. The first-order valence-electron chi connectivity index (χ1n) is 13.0. The van der Waals surface area contributed by atoms with Crippen LogP contribution in [0.4, 0.5) is 14.9 Å². The van der Waals surface area contributed by atoms with E-state index in [0.717, 1.165) is 5.56 Å². The normalized spacial score (nSPS) is 20.2. The van der Waals surface area contributed by atoms with Gasteiger partial charge in [-0.15, -0.1) is 0 Å². The van der Waals surface area contributed by atoms with Gasteiger partial charge in [0.05, 0.1) is 24.3 Å². The Kier molecular flexibility index (Phi) is 8.58. The zero-order valence-electron chi connectivity index (χ0n) is 23.0. The molecule has 2 heterocycles. The highest BCUT2D eigenvalue weighted by molar-refractivity contribution is 6.07. The molecule has 0 aliphatic carbocycles. The molecule has 0 saturated carbocycles. The van der Waals surface area contributed by atoms with Crippen LogP contribution in [0.15, 0.2) is 77.9 Å². The van der Waals surface area contributed by atoms with E-state index in [4.69, 9.17) is 14.2 Å². The molecule has 0 saturated heterocycles. The topological polar surface area (TPSA) is 115 Å². The van der Waals surface area contributed by atoms with E-state index < -0.39 is 41.3 Å². The average Bonchev–Trinajstić information content (AvgIpc) is 3.49. The van der Waals surface area contributed by atoms with Crippen molar-refractivity contribution in [1.82, 2.24) is 10.6 Å². The van der Waals surface area contributed by atoms with Crippen molar-refractivity contribution in [3.63, 3.8) is 0 Å². The summed E-state index contributed by atoms with van der Waals surface area (Å²) in [5, 5.41) is 8.72. The third kappa shape index (κ3) is 6.51. The Balaban J connectivity index is 1.60. The number of esters is 1. The number of anilines is 1. The number of carbonyl (C=O) groups is 3. The van der Waals surface area contributed by atoms with Crippen molar-refractivity contribution in [2.24, 2.45) is 0 Å². The predicted molar refractivity (Wildman–Crippen MR) is 147 cm³/mol. The quantitative estimate of drug-likeness (QED) is 0.235. The number of nitrogens with one attached hydrogen (secondary N) is 3. The summed E-state index contributed by atoms with van der Waals surface area (Å²) in [6, 6.07) is 14.9. The lowest BCUT2D eigenvalue weighted by molar-refractivity contribution is -0.138. The Morgan fingerprint density at radius 3 is 2.35 bits per heavy atom. The molecule has 212 valence electrons. The van der Waals surface area contributed by atoms with Crippen LogP contribution in [0.25, 0.3) is 0 Å². The van der Waals surface area contributed by atoms with E-state index in [9.17, 15) is 18.8 Å². The lowest BCUT2D eigenvalue weighted by atomic mass is 9.79. The van der Waals surface area contributed by atoms with Gasteiger partial charge in [-0.1, -0.05) is 36.4 Å². The molecule has 9 nitrogen and oxygen atoms in total. The van der Waals surface area contributed by atoms with Crippen LogP contribution in [0.5, 0.6) is 0 Å². The summed E-state index contributed by atoms with van der Waals surface area (Å²) in [6.07, 6.45) is 2.56. The number of alkyl carbamates (subject to hydrolysis) is 1. The maximum Gasteiger partial charge on any atom is 0.407 e. The molecular formula is C30H34FN3O6. The molecule has 0 aromatic heterocycles. The van der Waals surface area contributed by atoms with Crippen molar-refractivity contribution in [2.75, 3.05) is 25.5 Å². The second-order valence-electron chi connectivity index (χ2n) is 10.5. The molecule has 2 aliphatic heterocycles. The Morgan fingerprint density at radius 1 is 1.02 bits per heavy atom. The first-order chi connectivity index (χ1) is 19.0. The first-order valence-corrected chi connectivity index (χ1v) is 13.0. The molecule has 2 amide bonds. The van der Waals surface area contributed by atoms with E-state index in [1.165, 1.54) is 19.2 Å². The molecule has 2 aromatic carbocycles. The van der Waals surface area contributed by atoms with Crippen LogP contribution in [-0.4, -0.2) is 61.5 Å². The molecule has 4 rings (SSSR count). The lowest BCUT2D eigenvalue weighted by Gasteiger charge is -2.36. The standard InChI is InChI=1S/C30H34FN3O6/c1-29(2,3)40-28(37)33-17-16-32-26(35)24-22-14-15-30(39-22,25(24)27(36)38-4)23(18-19-8-6-5-7-9-19)34-21-12-10-20(31)11-13-21/h5-15,22-23,34H,16-18H2,1-4H3,(H,32,35)(H,33,37). The van der Waals surface area contributed by atoms with Crippen molar-refractivity contribution in [1.29, 1.82) is 0 Å². The van der Waals surface area contributed by atoms with Gasteiger partial charge in [0, 0.05) is 18.8 Å². The summed E-state index contributed by atoms with van der Waals surface area (Å²) in [6.45, 7) is 5.48. The number of amides is 2. The number of rotatable bonds is 10. The van der Waals surface area contributed by atoms with Gasteiger partial charge in [-0.05, 0) is 63.1 Å². The van der Waals surface area contributed by atoms with Crippen molar-refractivity contribution in [3.8, 4) is 0 Å². The van der Waals surface area contributed by atoms with Crippen LogP contribution in [0, 0.1) is 5.82 Å². The minimum Gasteiger partial charge on any atom is -0.466 e. The second-order valence-corrected chi connectivity index (χ2v) is 10.5. The molecule has 3 unspecified atom stereocenters. The fraction of sp³-hybridized carbons (Fsp3) is 0.367. The van der Waals surface area contributed by atoms with E-state index in [-0.39, 0.29) is 30.1 Å². The van der Waals surface area contributed by atoms with Crippen molar-refractivity contribution < 1.29 is 33.0 Å². The van der Waals surface area contributed by atoms with Crippen molar-refractivity contribution in [2.45, 2.75) is 50.5 Å². The van der Waals surface area contributed by atoms with Crippen molar-refractivity contribution >= 4 is 23.7 Å². The molecule has 0 fully saturated rings. The minimum absolute atomic E-state index is 0.0932. The molecule has 0 radical (unpaired) electrons. The summed E-state index contributed by atoms with van der Waals surface area (Å²) in [5.74, 6) is -1.58. The van der Waals surface area contributed by atoms with E-state index >= 15 is 0 Å². The number of ether oxygens (including phenoxy) is 3.